The first-order valence-corrected chi connectivity index (χ1v) is 9.04. The largest absolute Gasteiger partial charge is 0.372 e. The summed E-state index contributed by atoms with van der Waals surface area (Å²) in [5.74, 6) is 6.95. The van der Waals surface area contributed by atoms with Crippen molar-refractivity contribution in [2.45, 2.75) is 40.0 Å². The van der Waals surface area contributed by atoms with Crippen molar-refractivity contribution >= 4 is 29.3 Å². The lowest BCUT2D eigenvalue weighted by Gasteiger charge is -2.17. The van der Waals surface area contributed by atoms with E-state index in [-0.39, 0.29) is 17.8 Å². The van der Waals surface area contributed by atoms with Crippen molar-refractivity contribution < 1.29 is 4.79 Å². The Morgan fingerprint density at radius 2 is 1.96 bits per heavy atom. The van der Waals surface area contributed by atoms with E-state index in [9.17, 15) is 4.79 Å². The van der Waals surface area contributed by atoms with E-state index in [1.807, 2.05) is 40.7 Å². The number of halogens is 1. The quantitative estimate of drug-likeness (QED) is 0.782. The Morgan fingerprint density at radius 3 is 2.52 bits per heavy atom. The number of hydrogen-bond donors (Lipinski definition) is 2. The van der Waals surface area contributed by atoms with E-state index in [0.29, 0.717) is 22.1 Å². The van der Waals surface area contributed by atoms with Crippen molar-refractivity contribution in [1.29, 1.82) is 0 Å². The van der Waals surface area contributed by atoms with E-state index in [1.54, 1.807) is 19.3 Å². The van der Waals surface area contributed by atoms with Gasteiger partial charge in [-0.2, -0.15) is 4.98 Å². The number of nitrogens with one attached hydrogen (secondary N) is 2. The average Bonchev–Trinajstić information content (AvgIpc) is 2.60. The zero-order chi connectivity index (χ0) is 20.2. The summed E-state index contributed by atoms with van der Waals surface area (Å²) >= 11 is 5.91. The normalized spacial score (nSPS) is 11.0. The number of aromatic nitrogens is 3. The molecule has 0 bridgehead atoms. The maximum Gasteiger partial charge on any atom is 0.231 e. The molecule has 2 rings (SSSR count). The van der Waals surface area contributed by atoms with Crippen LogP contribution >= 0.6 is 11.6 Å². The predicted molar refractivity (Wildman–Crippen MR) is 109 cm³/mol. The zero-order valence-electron chi connectivity index (χ0n) is 16.4. The van der Waals surface area contributed by atoms with Crippen LogP contribution in [0.3, 0.4) is 0 Å². The van der Waals surface area contributed by atoms with Gasteiger partial charge in [0, 0.05) is 19.2 Å². The summed E-state index contributed by atoms with van der Waals surface area (Å²) < 4.78 is 0. The number of carbonyl (C=O) groups is 1. The molecule has 0 saturated carbocycles. The molecule has 2 heterocycles. The van der Waals surface area contributed by atoms with Crippen molar-refractivity contribution in [2.24, 2.45) is 5.92 Å². The number of aryl methyl sites for hydroxylation is 1. The fraction of sp³-hybridized carbons (Fsp3) is 0.400. The summed E-state index contributed by atoms with van der Waals surface area (Å²) in [4.78, 5) is 25.0. The second kappa shape index (κ2) is 8.36. The highest BCUT2D eigenvalue weighted by molar-refractivity contribution is 6.30. The standard InChI is InChI=1S/C20H24ClN5O/c1-12(2)18(27)26-19-24-13(3)15(17(22-6)25-19)9-10-20(4,5)16-8-7-14(21)11-23-16/h7-8,11-12H,1-6H3,(H2,22,24,25,26,27). The van der Waals surface area contributed by atoms with Gasteiger partial charge in [-0.1, -0.05) is 37.3 Å². The summed E-state index contributed by atoms with van der Waals surface area (Å²) in [6.07, 6.45) is 1.61. The molecule has 0 fully saturated rings. The molecule has 2 aromatic rings. The molecule has 0 aliphatic rings. The minimum absolute atomic E-state index is 0.134. The van der Waals surface area contributed by atoms with Crippen molar-refractivity contribution in [3.05, 3.63) is 40.3 Å². The minimum atomic E-state index is -0.480. The highest BCUT2D eigenvalue weighted by Gasteiger charge is 2.20. The van der Waals surface area contributed by atoms with E-state index in [0.717, 1.165) is 5.69 Å². The lowest BCUT2D eigenvalue weighted by atomic mass is 9.89. The Morgan fingerprint density at radius 1 is 1.26 bits per heavy atom. The van der Waals surface area contributed by atoms with Gasteiger partial charge >= 0.3 is 0 Å². The van der Waals surface area contributed by atoms with Gasteiger partial charge in [-0.3, -0.25) is 15.1 Å². The maximum atomic E-state index is 11.9. The van der Waals surface area contributed by atoms with Gasteiger partial charge in [0.15, 0.2) is 0 Å². The third-order valence-corrected chi connectivity index (χ3v) is 4.18. The van der Waals surface area contributed by atoms with Gasteiger partial charge in [-0.05, 0) is 32.9 Å². The number of rotatable bonds is 4. The Balaban J connectivity index is 2.38. The molecule has 2 aromatic heterocycles. The zero-order valence-corrected chi connectivity index (χ0v) is 17.2. The van der Waals surface area contributed by atoms with Crippen molar-refractivity contribution in [1.82, 2.24) is 15.0 Å². The Hall–Kier alpha value is -2.65. The minimum Gasteiger partial charge on any atom is -0.372 e. The molecule has 27 heavy (non-hydrogen) atoms. The van der Waals surface area contributed by atoms with Crippen LogP contribution < -0.4 is 10.6 Å². The molecule has 2 N–H and O–H groups in total. The molecular formula is C20H24ClN5O. The predicted octanol–water partition coefficient (Wildman–Crippen LogP) is 3.80. The molecule has 1 amide bonds. The van der Waals surface area contributed by atoms with E-state index in [1.165, 1.54) is 0 Å². The summed E-state index contributed by atoms with van der Waals surface area (Å²) in [6, 6.07) is 3.66. The van der Waals surface area contributed by atoms with Crippen molar-refractivity contribution in [2.75, 3.05) is 17.7 Å². The Bertz CT molecular complexity index is 895. The van der Waals surface area contributed by atoms with Gasteiger partial charge < -0.3 is 5.32 Å². The van der Waals surface area contributed by atoms with Crippen LogP contribution in [0.25, 0.3) is 0 Å². The Labute approximate surface area is 165 Å². The number of anilines is 2. The van der Waals surface area contributed by atoms with E-state index in [4.69, 9.17) is 11.6 Å². The smallest absolute Gasteiger partial charge is 0.231 e. The second-order valence-electron chi connectivity index (χ2n) is 6.99. The lowest BCUT2D eigenvalue weighted by molar-refractivity contribution is -0.118. The third kappa shape index (κ3) is 5.18. The van der Waals surface area contributed by atoms with E-state index < -0.39 is 5.41 Å². The summed E-state index contributed by atoms with van der Waals surface area (Å²) in [7, 11) is 1.76. The van der Waals surface area contributed by atoms with Gasteiger partial charge in [-0.25, -0.2) is 4.98 Å². The molecule has 142 valence electrons. The first kappa shape index (κ1) is 20.7. The molecule has 0 radical (unpaired) electrons. The highest BCUT2D eigenvalue weighted by Crippen LogP contribution is 2.23. The maximum absolute atomic E-state index is 11.9. The number of pyridine rings is 1. The number of nitrogens with zero attached hydrogens (tertiary/aromatic N) is 3. The number of hydrogen-bond acceptors (Lipinski definition) is 5. The molecule has 0 saturated heterocycles. The number of carbonyl (C=O) groups excluding carboxylic acids is 1. The highest BCUT2D eigenvalue weighted by atomic mass is 35.5. The molecular weight excluding hydrogens is 362 g/mol. The van der Waals surface area contributed by atoms with Gasteiger partial charge in [0.2, 0.25) is 11.9 Å². The van der Waals surface area contributed by atoms with E-state index >= 15 is 0 Å². The van der Waals surface area contributed by atoms with Gasteiger partial charge in [0.25, 0.3) is 0 Å². The van der Waals surface area contributed by atoms with Gasteiger partial charge in [-0.15, -0.1) is 0 Å². The summed E-state index contributed by atoms with van der Waals surface area (Å²) in [5, 5.41) is 6.33. The fourth-order valence-corrected chi connectivity index (χ4v) is 2.35. The molecule has 0 atom stereocenters. The molecule has 7 heteroatoms. The fourth-order valence-electron chi connectivity index (χ4n) is 2.24. The van der Waals surface area contributed by atoms with Gasteiger partial charge in [0.1, 0.15) is 5.82 Å². The van der Waals surface area contributed by atoms with Crippen LogP contribution in [0.5, 0.6) is 0 Å². The average molecular weight is 386 g/mol. The van der Waals surface area contributed by atoms with Crippen LogP contribution in [0.15, 0.2) is 18.3 Å². The van der Waals surface area contributed by atoms with Crippen LogP contribution in [-0.4, -0.2) is 27.9 Å². The van der Waals surface area contributed by atoms with Crippen molar-refractivity contribution in [3.8, 4) is 11.8 Å². The molecule has 0 aliphatic carbocycles. The first-order valence-electron chi connectivity index (χ1n) is 8.66. The van der Waals surface area contributed by atoms with Gasteiger partial charge in [0.05, 0.1) is 27.4 Å². The summed E-state index contributed by atoms with van der Waals surface area (Å²) in [6.45, 7) is 9.44. The van der Waals surface area contributed by atoms with Crippen molar-refractivity contribution in [3.63, 3.8) is 0 Å². The molecule has 0 unspecified atom stereocenters. The van der Waals surface area contributed by atoms with E-state index in [2.05, 4.69) is 37.4 Å². The molecule has 0 spiro atoms. The van der Waals surface area contributed by atoms with Crippen LogP contribution in [0.4, 0.5) is 11.8 Å². The van der Waals surface area contributed by atoms with Crippen LogP contribution in [-0.2, 0) is 10.2 Å². The van der Waals surface area contributed by atoms with Crippen LogP contribution in [0, 0.1) is 24.7 Å². The topological polar surface area (TPSA) is 79.8 Å². The van der Waals surface area contributed by atoms with Crippen LogP contribution in [0.1, 0.15) is 44.6 Å². The lowest BCUT2D eigenvalue weighted by Crippen LogP contribution is -2.20. The number of amides is 1. The molecule has 0 aliphatic heterocycles. The monoisotopic (exact) mass is 385 g/mol. The molecule has 0 aromatic carbocycles. The van der Waals surface area contributed by atoms with Crippen LogP contribution in [0.2, 0.25) is 5.02 Å². The Kier molecular flexibility index (Phi) is 6.40. The molecule has 6 nitrogen and oxygen atoms in total. The summed E-state index contributed by atoms with van der Waals surface area (Å²) in [5.41, 5.74) is 1.71. The second-order valence-corrected chi connectivity index (χ2v) is 7.42. The SMILES string of the molecule is CNc1nc(NC(=O)C(C)C)nc(C)c1C#CC(C)(C)c1ccc(Cl)cn1. The first-order chi connectivity index (χ1) is 12.6. The third-order valence-electron chi connectivity index (χ3n) is 3.95.